The van der Waals surface area contributed by atoms with Crippen molar-refractivity contribution >= 4 is 15.9 Å². The molecule has 0 saturated heterocycles. The summed E-state index contributed by atoms with van der Waals surface area (Å²) in [6, 6.07) is 8.85. The van der Waals surface area contributed by atoms with Crippen LogP contribution in [0, 0.1) is 0 Å². The second-order valence-corrected chi connectivity index (χ2v) is 7.90. The first-order valence-corrected chi connectivity index (χ1v) is 8.66. The third-order valence-electron chi connectivity index (χ3n) is 3.54. The number of furan rings is 1. The van der Waals surface area contributed by atoms with Crippen LogP contribution in [0.25, 0.3) is 0 Å². The zero-order valence-electron chi connectivity index (χ0n) is 13.7. The molecule has 2 rings (SSSR count). The topological polar surface area (TPSA) is 99.9 Å². The third kappa shape index (κ3) is 3.84. The van der Waals surface area contributed by atoms with Crippen molar-refractivity contribution < 1.29 is 22.7 Å². The van der Waals surface area contributed by atoms with Crippen molar-refractivity contribution in [2.45, 2.75) is 17.4 Å². The summed E-state index contributed by atoms with van der Waals surface area (Å²) in [7, 11) is -0.661. The molecule has 0 saturated carbocycles. The van der Waals surface area contributed by atoms with Crippen molar-refractivity contribution in [3.63, 3.8) is 0 Å². The quantitative estimate of drug-likeness (QED) is 0.813. The number of nitrogens with zero attached hydrogens (tertiary/aromatic N) is 1. The highest BCUT2D eigenvalue weighted by Crippen LogP contribution is 2.20. The van der Waals surface area contributed by atoms with Crippen molar-refractivity contribution in [3.8, 4) is 0 Å². The van der Waals surface area contributed by atoms with Crippen LogP contribution in [0.1, 0.15) is 23.0 Å². The smallest absolute Gasteiger partial charge is 0.251 e. The van der Waals surface area contributed by atoms with Gasteiger partial charge in [-0.25, -0.2) is 12.7 Å². The van der Waals surface area contributed by atoms with Gasteiger partial charge in [-0.1, -0.05) is 0 Å². The molecule has 0 bridgehead atoms. The van der Waals surface area contributed by atoms with Gasteiger partial charge in [0.2, 0.25) is 10.0 Å². The van der Waals surface area contributed by atoms with Crippen LogP contribution in [0.3, 0.4) is 0 Å². The molecule has 0 aliphatic rings. The molecule has 0 fully saturated rings. The minimum Gasteiger partial charge on any atom is -0.466 e. The molecule has 24 heavy (non-hydrogen) atoms. The lowest BCUT2D eigenvalue weighted by atomic mass is 10.0. The average molecular weight is 352 g/mol. The van der Waals surface area contributed by atoms with Gasteiger partial charge in [0.05, 0.1) is 17.7 Å². The van der Waals surface area contributed by atoms with Crippen molar-refractivity contribution in [2.24, 2.45) is 0 Å². The average Bonchev–Trinajstić information content (AvgIpc) is 3.08. The van der Waals surface area contributed by atoms with Gasteiger partial charge in [-0.2, -0.15) is 0 Å². The number of carbonyl (C=O) groups is 1. The first-order chi connectivity index (χ1) is 11.1. The summed E-state index contributed by atoms with van der Waals surface area (Å²) >= 11 is 0. The number of hydrogen-bond donors (Lipinski definition) is 2. The molecule has 130 valence electrons. The van der Waals surface area contributed by atoms with E-state index in [0.717, 1.165) is 4.31 Å². The maximum absolute atomic E-state index is 12.1. The van der Waals surface area contributed by atoms with E-state index in [1.54, 1.807) is 12.1 Å². The number of carbonyl (C=O) groups excluding carboxylic acids is 1. The van der Waals surface area contributed by atoms with E-state index < -0.39 is 21.5 Å². The van der Waals surface area contributed by atoms with Gasteiger partial charge in [-0.05, 0) is 43.3 Å². The van der Waals surface area contributed by atoms with Gasteiger partial charge in [0, 0.05) is 19.7 Å². The normalized spacial score (nSPS) is 14.4. The Bertz CT molecular complexity index is 794. The molecule has 1 aromatic carbocycles. The van der Waals surface area contributed by atoms with Crippen LogP contribution >= 0.6 is 0 Å². The summed E-state index contributed by atoms with van der Waals surface area (Å²) < 4.78 is 30.2. The van der Waals surface area contributed by atoms with E-state index in [2.05, 4.69) is 5.32 Å². The number of benzene rings is 1. The van der Waals surface area contributed by atoms with Crippen molar-refractivity contribution in [2.75, 3.05) is 20.6 Å². The Morgan fingerprint density at radius 3 is 2.38 bits per heavy atom. The molecular formula is C16H20N2O5S. The van der Waals surface area contributed by atoms with Crippen molar-refractivity contribution in [1.82, 2.24) is 9.62 Å². The van der Waals surface area contributed by atoms with Crippen LogP contribution in [0.4, 0.5) is 0 Å². The first-order valence-electron chi connectivity index (χ1n) is 7.22. The number of sulfonamides is 1. The van der Waals surface area contributed by atoms with E-state index in [1.807, 2.05) is 0 Å². The summed E-state index contributed by atoms with van der Waals surface area (Å²) in [4.78, 5) is 12.2. The molecule has 2 N–H and O–H groups in total. The van der Waals surface area contributed by atoms with E-state index >= 15 is 0 Å². The Morgan fingerprint density at radius 2 is 1.88 bits per heavy atom. The summed E-state index contributed by atoms with van der Waals surface area (Å²) in [5.41, 5.74) is -1.05. The SMILES string of the molecule is CN(C)S(=O)(=O)c1ccc(C(=O)NCC(C)(O)c2ccco2)cc1. The van der Waals surface area contributed by atoms with Crippen LogP contribution in [0.2, 0.25) is 0 Å². The van der Waals surface area contributed by atoms with Gasteiger partial charge in [-0.15, -0.1) is 0 Å². The Hall–Kier alpha value is -2.16. The second-order valence-electron chi connectivity index (χ2n) is 5.75. The van der Waals surface area contributed by atoms with E-state index in [0.29, 0.717) is 11.3 Å². The zero-order valence-corrected chi connectivity index (χ0v) is 14.5. The van der Waals surface area contributed by atoms with Crippen LogP contribution in [-0.2, 0) is 15.6 Å². The molecule has 0 aliphatic heterocycles. The Labute approximate surface area is 140 Å². The number of hydrogen-bond acceptors (Lipinski definition) is 5. The lowest BCUT2D eigenvalue weighted by Crippen LogP contribution is -2.38. The van der Waals surface area contributed by atoms with Gasteiger partial charge in [0.25, 0.3) is 5.91 Å². The number of nitrogens with one attached hydrogen (secondary N) is 1. The first kappa shape index (κ1) is 18.2. The highest BCUT2D eigenvalue weighted by atomic mass is 32.2. The van der Waals surface area contributed by atoms with Crippen LogP contribution in [-0.4, -0.2) is 44.4 Å². The molecule has 1 aromatic heterocycles. The third-order valence-corrected chi connectivity index (χ3v) is 5.37. The highest BCUT2D eigenvalue weighted by Gasteiger charge is 2.27. The Morgan fingerprint density at radius 1 is 1.25 bits per heavy atom. The molecule has 1 amide bonds. The molecule has 1 heterocycles. The van der Waals surface area contributed by atoms with Gasteiger partial charge in [0.1, 0.15) is 11.4 Å². The molecule has 1 unspecified atom stereocenters. The molecule has 7 nitrogen and oxygen atoms in total. The Kier molecular flexibility index (Phi) is 5.12. The van der Waals surface area contributed by atoms with Gasteiger partial charge >= 0.3 is 0 Å². The van der Waals surface area contributed by atoms with Gasteiger partial charge in [0.15, 0.2) is 0 Å². The van der Waals surface area contributed by atoms with E-state index in [9.17, 15) is 18.3 Å². The van der Waals surface area contributed by atoms with Crippen molar-refractivity contribution in [1.29, 1.82) is 0 Å². The number of rotatable bonds is 6. The fourth-order valence-corrected chi connectivity index (χ4v) is 2.92. The van der Waals surface area contributed by atoms with E-state index in [-0.39, 0.29) is 11.4 Å². The lowest BCUT2D eigenvalue weighted by molar-refractivity contribution is 0.0330. The minimum atomic E-state index is -3.54. The largest absolute Gasteiger partial charge is 0.466 e. The summed E-state index contributed by atoms with van der Waals surface area (Å²) in [5.74, 6) is -0.0779. The summed E-state index contributed by atoms with van der Waals surface area (Å²) in [5, 5.41) is 12.9. The molecule has 1 atom stereocenters. The zero-order chi connectivity index (χ0) is 18.0. The van der Waals surface area contributed by atoms with Gasteiger partial charge in [-0.3, -0.25) is 4.79 Å². The maximum atomic E-state index is 12.1. The predicted octanol–water partition coefficient (Wildman–Crippen LogP) is 1.17. The van der Waals surface area contributed by atoms with E-state index in [4.69, 9.17) is 4.42 Å². The maximum Gasteiger partial charge on any atom is 0.251 e. The Balaban J connectivity index is 2.06. The fraction of sp³-hybridized carbons (Fsp3) is 0.312. The highest BCUT2D eigenvalue weighted by molar-refractivity contribution is 7.89. The van der Waals surface area contributed by atoms with Crippen LogP contribution < -0.4 is 5.32 Å². The standard InChI is InChI=1S/C16H20N2O5S/c1-16(20,14-5-4-10-23-14)11-17-15(19)12-6-8-13(9-7-12)24(21,22)18(2)3/h4-10,20H,11H2,1-3H3,(H,17,19). The number of amides is 1. The molecule has 0 aliphatic carbocycles. The monoisotopic (exact) mass is 352 g/mol. The molecule has 8 heteroatoms. The van der Waals surface area contributed by atoms with Crippen molar-refractivity contribution in [3.05, 3.63) is 54.0 Å². The molecule has 0 radical (unpaired) electrons. The predicted molar refractivity (Wildman–Crippen MR) is 87.9 cm³/mol. The molecular weight excluding hydrogens is 332 g/mol. The summed E-state index contributed by atoms with van der Waals surface area (Å²) in [6.45, 7) is 1.48. The lowest BCUT2D eigenvalue weighted by Gasteiger charge is -2.21. The van der Waals surface area contributed by atoms with Crippen LogP contribution in [0.15, 0.2) is 52.0 Å². The van der Waals surface area contributed by atoms with Gasteiger partial charge < -0.3 is 14.8 Å². The fourth-order valence-electron chi connectivity index (χ4n) is 2.02. The summed E-state index contributed by atoms with van der Waals surface area (Å²) in [6.07, 6.45) is 1.44. The second kappa shape index (κ2) is 6.76. The minimum absolute atomic E-state index is 0.0445. The van der Waals surface area contributed by atoms with Crippen LogP contribution in [0.5, 0.6) is 0 Å². The number of aliphatic hydroxyl groups is 1. The molecule has 0 spiro atoms. The molecule has 2 aromatic rings. The van der Waals surface area contributed by atoms with E-state index in [1.165, 1.54) is 51.5 Å².